The van der Waals surface area contributed by atoms with E-state index in [9.17, 15) is 9.90 Å². The zero-order valence-corrected chi connectivity index (χ0v) is 11.9. The first-order valence-electron chi connectivity index (χ1n) is 6.71. The van der Waals surface area contributed by atoms with Crippen molar-refractivity contribution < 1.29 is 14.6 Å². The van der Waals surface area contributed by atoms with Gasteiger partial charge in [0.1, 0.15) is 5.82 Å². The van der Waals surface area contributed by atoms with Crippen molar-refractivity contribution >= 4 is 11.7 Å². The number of nitrogens with one attached hydrogen (secondary N) is 1. The first kappa shape index (κ1) is 14.7. The highest BCUT2D eigenvalue weighted by molar-refractivity contribution is 5.93. The van der Waals surface area contributed by atoms with E-state index in [2.05, 4.69) is 10.3 Å². The zero-order valence-electron chi connectivity index (χ0n) is 11.9. The molecule has 6 nitrogen and oxygen atoms in total. The first-order chi connectivity index (χ1) is 9.56. The lowest BCUT2D eigenvalue weighted by molar-refractivity contribution is 0.0378. The van der Waals surface area contributed by atoms with Crippen molar-refractivity contribution in [1.29, 1.82) is 0 Å². The lowest BCUT2D eigenvalue weighted by Crippen LogP contribution is -2.47. The molecule has 2 N–H and O–H groups in total. The van der Waals surface area contributed by atoms with E-state index in [1.807, 2.05) is 0 Å². The number of hydrogen-bond donors (Lipinski definition) is 2. The summed E-state index contributed by atoms with van der Waals surface area (Å²) in [5.41, 5.74) is 0.170. The number of aliphatic hydroxyl groups is 1. The first-order valence-corrected chi connectivity index (χ1v) is 6.71. The second kappa shape index (κ2) is 6.19. The molecule has 1 aliphatic rings. The number of aromatic nitrogens is 1. The number of carbonyl (C=O) groups excluding carboxylic acids is 1. The molecule has 0 aliphatic carbocycles. The van der Waals surface area contributed by atoms with Gasteiger partial charge in [-0.1, -0.05) is 0 Å². The van der Waals surface area contributed by atoms with Crippen LogP contribution in [0.4, 0.5) is 5.82 Å². The van der Waals surface area contributed by atoms with Crippen molar-refractivity contribution in [2.45, 2.75) is 18.4 Å². The third-order valence-electron chi connectivity index (χ3n) is 3.56. The lowest BCUT2D eigenvalue weighted by atomic mass is 9.91. The van der Waals surface area contributed by atoms with Crippen LogP contribution in [0.15, 0.2) is 18.3 Å². The van der Waals surface area contributed by atoms with Crippen molar-refractivity contribution in [2.24, 2.45) is 0 Å². The standard InChI is InChI=1S/C14H21N3O3/c1-17(2)13(19)11-3-4-12(15-9-11)16-14(10-18)5-7-20-8-6-14/h3-4,9,18H,5-8,10H2,1-2H3,(H,15,16). The van der Waals surface area contributed by atoms with Crippen LogP contribution in [0.2, 0.25) is 0 Å². The maximum atomic E-state index is 11.8. The van der Waals surface area contributed by atoms with E-state index in [0.717, 1.165) is 12.8 Å². The van der Waals surface area contributed by atoms with Crippen molar-refractivity contribution in [3.8, 4) is 0 Å². The van der Waals surface area contributed by atoms with E-state index in [0.29, 0.717) is 24.6 Å². The predicted molar refractivity (Wildman–Crippen MR) is 75.7 cm³/mol. The van der Waals surface area contributed by atoms with Crippen LogP contribution in [0.3, 0.4) is 0 Å². The summed E-state index contributed by atoms with van der Waals surface area (Å²) >= 11 is 0. The van der Waals surface area contributed by atoms with Gasteiger partial charge in [0.15, 0.2) is 0 Å². The second-order valence-electron chi connectivity index (χ2n) is 5.31. The Kier molecular flexibility index (Phi) is 4.57. The van der Waals surface area contributed by atoms with Crippen molar-refractivity contribution in [3.63, 3.8) is 0 Å². The number of aliphatic hydroxyl groups excluding tert-OH is 1. The van der Waals surface area contributed by atoms with Crippen LogP contribution >= 0.6 is 0 Å². The van der Waals surface area contributed by atoms with Crippen molar-refractivity contribution in [3.05, 3.63) is 23.9 Å². The van der Waals surface area contributed by atoms with Crippen LogP contribution in [0.25, 0.3) is 0 Å². The molecule has 2 heterocycles. The maximum absolute atomic E-state index is 11.8. The zero-order chi connectivity index (χ0) is 14.6. The van der Waals surface area contributed by atoms with Gasteiger partial charge in [-0.15, -0.1) is 0 Å². The molecular weight excluding hydrogens is 258 g/mol. The summed E-state index contributed by atoms with van der Waals surface area (Å²) in [5.74, 6) is 0.586. The highest BCUT2D eigenvalue weighted by Gasteiger charge is 2.32. The summed E-state index contributed by atoms with van der Waals surface area (Å²) in [6, 6.07) is 3.51. The Labute approximate surface area is 118 Å². The Morgan fingerprint density at radius 3 is 2.65 bits per heavy atom. The largest absolute Gasteiger partial charge is 0.394 e. The summed E-state index contributed by atoms with van der Waals surface area (Å²) in [4.78, 5) is 17.5. The molecule has 20 heavy (non-hydrogen) atoms. The summed E-state index contributed by atoms with van der Waals surface area (Å²) < 4.78 is 5.32. The summed E-state index contributed by atoms with van der Waals surface area (Å²) in [6.45, 7) is 1.30. The van der Waals surface area contributed by atoms with Gasteiger partial charge in [0.25, 0.3) is 5.91 Å². The fraction of sp³-hybridized carbons (Fsp3) is 0.571. The molecule has 1 aromatic rings. The van der Waals surface area contributed by atoms with Crippen LogP contribution in [-0.2, 0) is 4.74 Å². The van der Waals surface area contributed by atoms with Gasteiger partial charge in [-0.05, 0) is 25.0 Å². The van der Waals surface area contributed by atoms with Crippen LogP contribution in [0.1, 0.15) is 23.2 Å². The Morgan fingerprint density at radius 2 is 2.15 bits per heavy atom. The number of nitrogens with zero attached hydrogens (tertiary/aromatic N) is 2. The maximum Gasteiger partial charge on any atom is 0.254 e. The van der Waals surface area contributed by atoms with Gasteiger partial charge in [-0.25, -0.2) is 4.98 Å². The molecule has 0 atom stereocenters. The number of amides is 1. The van der Waals surface area contributed by atoms with Crippen LogP contribution in [-0.4, -0.2) is 60.4 Å². The Balaban J connectivity index is 2.08. The average molecular weight is 279 g/mol. The lowest BCUT2D eigenvalue weighted by Gasteiger charge is -2.36. The summed E-state index contributed by atoms with van der Waals surface area (Å²) in [5, 5.41) is 12.9. The van der Waals surface area contributed by atoms with Gasteiger partial charge in [0.2, 0.25) is 0 Å². The highest BCUT2D eigenvalue weighted by Crippen LogP contribution is 2.24. The molecule has 0 radical (unpaired) electrons. The molecular formula is C14H21N3O3. The monoisotopic (exact) mass is 279 g/mol. The van der Waals surface area contributed by atoms with E-state index in [1.165, 1.54) is 4.90 Å². The molecule has 0 spiro atoms. The van der Waals surface area contributed by atoms with Crippen molar-refractivity contribution in [1.82, 2.24) is 9.88 Å². The molecule has 6 heteroatoms. The predicted octanol–water partition coefficient (Wildman–Crippen LogP) is 0.737. The SMILES string of the molecule is CN(C)C(=O)c1ccc(NC2(CO)CCOCC2)nc1. The molecule has 1 aromatic heterocycles. The fourth-order valence-corrected chi connectivity index (χ4v) is 2.21. The fourth-order valence-electron chi connectivity index (χ4n) is 2.21. The molecule has 1 amide bonds. The molecule has 0 unspecified atom stereocenters. The van der Waals surface area contributed by atoms with Gasteiger partial charge in [-0.2, -0.15) is 0 Å². The van der Waals surface area contributed by atoms with Crippen LogP contribution in [0.5, 0.6) is 0 Å². The Bertz CT molecular complexity index is 453. The van der Waals surface area contributed by atoms with Gasteiger partial charge in [0, 0.05) is 33.5 Å². The number of hydrogen-bond acceptors (Lipinski definition) is 5. The Morgan fingerprint density at radius 1 is 1.45 bits per heavy atom. The van der Waals surface area contributed by atoms with Gasteiger partial charge in [0.05, 0.1) is 17.7 Å². The van der Waals surface area contributed by atoms with Crippen LogP contribution < -0.4 is 5.32 Å². The van der Waals surface area contributed by atoms with Crippen LogP contribution in [0, 0.1) is 0 Å². The molecule has 0 aromatic carbocycles. The molecule has 2 rings (SSSR count). The second-order valence-corrected chi connectivity index (χ2v) is 5.31. The molecule has 1 aliphatic heterocycles. The molecule has 0 saturated carbocycles. The third-order valence-corrected chi connectivity index (χ3v) is 3.56. The van der Waals surface area contributed by atoms with E-state index in [4.69, 9.17) is 4.74 Å². The average Bonchev–Trinajstić information content (AvgIpc) is 2.48. The molecule has 110 valence electrons. The van der Waals surface area contributed by atoms with E-state index < -0.39 is 0 Å². The number of carbonyl (C=O) groups is 1. The minimum Gasteiger partial charge on any atom is -0.394 e. The van der Waals surface area contributed by atoms with E-state index >= 15 is 0 Å². The van der Waals surface area contributed by atoms with Gasteiger partial charge < -0.3 is 20.1 Å². The van der Waals surface area contributed by atoms with Gasteiger partial charge >= 0.3 is 0 Å². The molecule has 1 saturated heterocycles. The molecule has 1 fully saturated rings. The number of ether oxygens (including phenoxy) is 1. The number of pyridine rings is 1. The van der Waals surface area contributed by atoms with Gasteiger partial charge in [-0.3, -0.25) is 4.79 Å². The van der Waals surface area contributed by atoms with Crippen molar-refractivity contribution in [2.75, 3.05) is 39.2 Å². The topological polar surface area (TPSA) is 74.7 Å². The minimum atomic E-state index is -0.377. The van der Waals surface area contributed by atoms with E-state index in [-0.39, 0.29) is 18.1 Å². The minimum absolute atomic E-state index is 0.0381. The number of anilines is 1. The summed E-state index contributed by atoms with van der Waals surface area (Å²) in [6.07, 6.45) is 3.03. The Hall–Kier alpha value is -1.66. The van der Waals surface area contributed by atoms with E-state index in [1.54, 1.807) is 32.4 Å². The smallest absolute Gasteiger partial charge is 0.254 e. The third kappa shape index (κ3) is 3.26. The number of rotatable bonds is 4. The highest BCUT2D eigenvalue weighted by atomic mass is 16.5. The summed E-state index contributed by atoms with van der Waals surface area (Å²) in [7, 11) is 3.41. The normalized spacial score (nSPS) is 17.6. The quantitative estimate of drug-likeness (QED) is 0.850. The molecule has 0 bridgehead atoms.